The molecule has 0 bridgehead atoms. The highest BCUT2D eigenvalue weighted by molar-refractivity contribution is 6.31. The van der Waals surface area contributed by atoms with Crippen LogP contribution in [-0.2, 0) is 0 Å². The van der Waals surface area contributed by atoms with Crippen molar-refractivity contribution >= 4 is 17.5 Å². The van der Waals surface area contributed by atoms with Crippen LogP contribution in [0.2, 0.25) is 5.02 Å². The number of amides is 1. The van der Waals surface area contributed by atoms with Gasteiger partial charge in [-0.25, -0.2) is 4.39 Å². The monoisotopic (exact) mass is 314 g/mol. The van der Waals surface area contributed by atoms with Crippen LogP contribution in [0.5, 0.6) is 0 Å². The van der Waals surface area contributed by atoms with Gasteiger partial charge < -0.3 is 10.4 Å². The topological polar surface area (TPSA) is 52.6 Å². The van der Waals surface area contributed by atoms with Crippen molar-refractivity contribution in [1.29, 1.82) is 0 Å². The Morgan fingerprint density at radius 2 is 2.29 bits per heavy atom. The largest absolute Gasteiger partial charge is 0.395 e. The first-order chi connectivity index (χ1) is 10.1. The van der Waals surface area contributed by atoms with Gasteiger partial charge in [-0.15, -0.1) is 0 Å². The molecule has 1 aromatic rings. The average molecular weight is 315 g/mol. The third-order valence-electron chi connectivity index (χ3n) is 3.83. The van der Waals surface area contributed by atoms with Crippen molar-refractivity contribution in [1.82, 2.24) is 10.2 Å². The Balaban J connectivity index is 1.82. The number of likely N-dealkylation sites (tertiary alicyclic amines) is 1. The van der Waals surface area contributed by atoms with Crippen molar-refractivity contribution in [2.45, 2.75) is 25.3 Å². The predicted octanol–water partition coefficient (Wildman–Crippen LogP) is 2.06. The van der Waals surface area contributed by atoms with Crippen molar-refractivity contribution in [2.24, 2.45) is 0 Å². The number of hydrogen-bond acceptors (Lipinski definition) is 3. The number of aliphatic hydroxyl groups excluding tert-OH is 1. The standard InChI is InChI=1S/C15H20ClFN2O2/c16-13-9-11(4-5-14(13)17)15(21)18-6-8-19-7-2-1-3-12(19)10-20/h4-5,9,12,20H,1-3,6-8,10H2,(H,18,21)/t12-/m1/s1. The van der Waals surface area contributed by atoms with Crippen LogP contribution in [0.15, 0.2) is 18.2 Å². The van der Waals surface area contributed by atoms with Gasteiger partial charge in [-0.3, -0.25) is 9.69 Å². The van der Waals surface area contributed by atoms with Crippen LogP contribution < -0.4 is 5.32 Å². The fourth-order valence-corrected chi connectivity index (χ4v) is 2.79. The number of piperidine rings is 1. The first kappa shape index (κ1) is 16.2. The minimum absolute atomic E-state index is 0.0565. The van der Waals surface area contributed by atoms with E-state index >= 15 is 0 Å². The smallest absolute Gasteiger partial charge is 0.251 e. The van der Waals surface area contributed by atoms with Crippen LogP contribution >= 0.6 is 11.6 Å². The number of rotatable bonds is 5. The van der Waals surface area contributed by atoms with Gasteiger partial charge in [-0.05, 0) is 37.6 Å². The summed E-state index contributed by atoms with van der Waals surface area (Å²) in [6.07, 6.45) is 3.26. The van der Waals surface area contributed by atoms with Gasteiger partial charge >= 0.3 is 0 Å². The second kappa shape index (κ2) is 7.73. The molecule has 0 aromatic heterocycles. The van der Waals surface area contributed by atoms with Gasteiger partial charge in [0.2, 0.25) is 0 Å². The van der Waals surface area contributed by atoms with Crippen LogP contribution in [-0.4, -0.2) is 48.2 Å². The van der Waals surface area contributed by atoms with E-state index in [-0.39, 0.29) is 23.6 Å². The minimum Gasteiger partial charge on any atom is -0.395 e. The van der Waals surface area contributed by atoms with Gasteiger partial charge in [0.1, 0.15) is 5.82 Å². The summed E-state index contributed by atoms with van der Waals surface area (Å²) >= 11 is 5.66. The molecule has 0 aliphatic carbocycles. The Hall–Kier alpha value is -1.17. The van der Waals surface area contributed by atoms with E-state index in [4.69, 9.17) is 11.6 Å². The molecule has 1 saturated heterocycles. The lowest BCUT2D eigenvalue weighted by molar-refractivity contribution is 0.0849. The van der Waals surface area contributed by atoms with E-state index in [1.165, 1.54) is 18.2 Å². The fraction of sp³-hybridized carbons (Fsp3) is 0.533. The molecule has 1 heterocycles. The van der Waals surface area contributed by atoms with E-state index < -0.39 is 5.82 Å². The minimum atomic E-state index is -0.535. The molecule has 116 valence electrons. The second-order valence-electron chi connectivity index (χ2n) is 5.25. The van der Waals surface area contributed by atoms with Gasteiger partial charge in [0, 0.05) is 24.7 Å². The molecule has 4 nitrogen and oxygen atoms in total. The molecule has 0 radical (unpaired) electrons. The van der Waals surface area contributed by atoms with Crippen LogP contribution in [0.4, 0.5) is 4.39 Å². The van der Waals surface area contributed by atoms with Crippen molar-refractivity contribution in [3.05, 3.63) is 34.6 Å². The molecule has 0 saturated carbocycles. The Labute approximate surface area is 128 Å². The summed E-state index contributed by atoms with van der Waals surface area (Å²) in [7, 11) is 0. The van der Waals surface area contributed by atoms with Gasteiger partial charge in [-0.1, -0.05) is 18.0 Å². The lowest BCUT2D eigenvalue weighted by atomic mass is 10.0. The Kier molecular flexibility index (Phi) is 5.96. The Morgan fingerprint density at radius 1 is 1.48 bits per heavy atom. The van der Waals surface area contributed by atoms with Crippen LogP contribution in [0.1, 0.15) is 29.6 Å². The molecule has 6 heteroatoms. The van der Waals surface area contributed by atoms with Crippen molar-refractivity contribution in [2.75, 3.05) is 26.2 Å². The van der Waals surface area contributed by atoms with Crippen LogP contribution in [0.3, 0.4) is 0 Å². The number of nitrogens with zero attached hydrogens (tertiary/aromatic N) is 1. The average Bonchev–Trinajstić information content (AvgIpc) is 2.50. The number of carbonyl (C=O) groups excluding carboxylic acids is 1. The maximum atomic E-state index is 13.0. The number of aliphatic hydroxyl groups is 1. The zero-order valence-electron chi connectivity index (χ0n) is 11.8. The van der Waals surface area contributed by atoms with Gasteiger partial charge in [0.25, 0.3) is 5.91 Å². The highest BCUT2D eigenvalue weighted by Crippen LogP contribution is 2.17. The van der Waals surface area contributed by atoms with Gasteiger partial charge in [-0.2, -0.15) is 0 Å². The molecule has 2 N–H and O–H groups in total. The third kappa shape index (κ3) is 4.40. The number of nitrogens with one attached hydrogen (secondary N) is 1. The molecule has 0 spiro atoms. The lowest BCUT2D eigenvalue weighted by Crippen LogP contribution is -2.45. The predicted molar refractivity (Wildman–Crippen MR) is 80.0 cm³/mol. The second-order valence-corrected chi connectivity index (χ2v) is 5.66. The molecule has 0 unspecified atom stereocenters. The quantitative estimate of drug-likeness (QED) is 0.874. The first-order valence-electron chi connectivity index (χ1n) is 7.20. The SMILES string of the molecule is O=C(NCCN1CCCC[C@@H]1CO)c1ccc(F)c(Cl)c1. The highest BCUT2D eigenvalue weighted by Gasteiger charge is 2.21. The third-order valence-corrected chi connectivity index (χ3v) is 4.12. The van der Waals surface area contributed by atoms with E-state index in [0.717, 1.165) is 25.8 Å². The van der Waals surface area contributed by atoms with E-state index in [1.807, 2.05) is 0 Å². The number of halogens is 2. The molecule has 2 rings (SSSR count). The van der Waals surface area contributed by atoms with Gasteiger partial charge in [0.05, 0.1) is 11.6 Å². The maximum Gasteiger partial charge on any atom is 0.251 e. The van der Waals surface area contributed by atoms with E-state index in [1.54, 1.807) is 0 Å². The molecule has 1 fully saturated rings. The molecule has 1 aliphatic heterocycles. The van der Waals surface area contributed by atoms with E-state index in [2.05, 4.69) is 10.2 Å². The summed E-state index contributed by atoms with van der Waals surface area (Å²) in [5.41, 5.74) is 0.346. The Bertz CT molecular complexity index is 499. The van der Waals surface area contributed by atoms with Crippen molar-refractivity contribution in [3.63, 3.8) is 0 Å². The highest BCUT2D eigenvalue weighted by atomic mass is 35.5. The fourth-order valence-electron chi connectivity index (χ4n) is 2.61. The summed E-state index contributed by atoms with van der Waals surface area (Å²) in [4.78, 5) is 14.1. The normalized spacial score (nSPS) is 19.5. The summed E-state index contributed by atoms with van der Waals surface area (Å²) in [5, 5.41) is 12.1. The Morgan fingerprint density at radius 3 is 3.00 bits per heavy atom. The summed E-state index contributed by atoms with van der Waals surface area (Å²) in [6.45, 7) is 2.29. The lowest BCUT2D eigenvalue weighted by Gasteiger charge is -2.34. The summed E-state index contributed by atoms with van der Waals surface area (Å²) in [6, 6.07) is 4.11. The first-order valence-corrected chi connectivity index (χ1v) is 7.58. The molecule has 1 amide bonds. The number of benzene rings is 1. The van der Waals surface area contributed by atoms with E-state index in [0.29, 0.717) is 18.7 Å². The van der Waals surface area contributed by atoms with E-state index in [9.17, 15) is 14.3 Å². The van der Waals surface area contributed by atoms with Crippen molar-refractivity contribution < 1.29 is 14.3 Å². The molecular formula is C15H20ClFN2O2. The maximum absolute atomic E-state index is 13.0. The molecule has 21 heavy (non-hydrogen) atoms. The van der Waals surface area contributed by atoms with Crippen molar-refractivity contribution in [3.8, 4) is 0 Å². The molecule has 1 atom stereocenters. The molecular weight excluding hydrogens is 295 g/mol. The zero-order chi connectivity index (χ0) is 15.2. The number of hydrogen-bond donors (Lipinski definition) is 2. The molecule has 1 aromatic carbocycles. The zero-order valence-corrected chi connectivity index (χ0v) is 12.6. The van der Waals surface area contributed by atoms with Crippen LogP contribution in [0, 0.1) is 5.82 Å². The summed E-state index contributed by atoms with van der Waals surface area (Å²) in [5.74, 6) is -0.804. The molecule has 1 aliphatic rings. The summed E-state index contributed by atoms with van der Waals surface area (Å²) < 4.78 is 13.0. The van der Waals surface area contributed by atoms with Crippen LogP contribution in [0.25, 0.3) is 0 Å². The number of carbonyl (C=O) groups is 1. The van der Waals surface area contributed by atoms with Gasteiger partial charge in [0.15, 0.2) is 0 Å².